The summed E-state index contributed by atoms with van der Waals surface area (Å²) in [6.07, 6.45) is 1.02. The smallest absolute Gasteiger partial charge is 0.239 e. The van der Waals surface area contributed by atoms with Gasteiger partial charge in [-0.3, -0.25) is 14.4 Å². The van der Waals surface area contributed by atoms with Crippen LogP contribution in [0.25, 0.3) is 0 Å². The highest BCUT2D eigenvalue weighted by Crippen LogP contribution is 2.22. The van der Waals surface area contributed by atoms with Crippen LogP contribution in [-0.2, 0) is 9.59 Å². The fourth-order valence-corrected chi connectivity index (χ4v) is 2.42. The summed E-state index contributed by atoms with van der Waals surface area (Å²) in [6, 6.07) is 3.29. The molecule has 0 aliphatic heterocycles. The summed E-state index contributed by atoms with van der Waals surface area (Å²) < 4.78 is 0.547. The summed E-state index contributed by atoms with van der Waals surface area (Å²) in [5, 5.41) is 5.13. The highest BCUT2D eigenvalue weighted by Gasteiger charge is 2.12. The summed E-state index contributed by atoms with van der Waals surface area (Å²) in [5.41, 5.74) is 0. The molecule has 1 heterocycles. The maximum absolute atomic E-state index is 11.7. The van der Waals surface area contributed by atoms with E-state index >= 15 is 0 Å². The van der Waals surface area contributed by atoms with Crippen LogP contribution in [0, 0.1) is 0 Å². The van der Waals surface area contributed by atoms with Crippen LogP contribution in [-0.4, -0.2) is 30.7 Å². The Labute approximate surface area is 126 Å². The molecular weight excluding hydrogens is 300 g/mol. The van der Waals surface area contributed by atoms with Crippen LogP contribution >= 0.6 is 22.9 Å². The van der Waals surface area contributed by atoms with Gasteiger partial charge in [0, 0.05) is 19.4 Å². The molecule has 20 heavy (non-hydrogen) atoms. The third kappa shape index (κ3) is 6.16. The van der Waals surface area contributed by atoms with Crippen LogP contribution in [0.1, 0.15) is 35.9 Å². The summed E-state index contributed by atoms with van der Waals surface area (Å²) in [7, 11) is 0. The van der Waals surface area contributed by atoms with Gasteiger partial charge in [0.05, 0.1) is 15.8 Å². The lowest BCUT2D eigenvalue weighted by Crippen LogP contribution is -2.37. The van der Waals surface area contributed by atoms with Crippen molar-refractivity contribution >= 4 is 40.5 Å². The zero-order valence-corrected chi connectivity index (χ0v) is 12.8. The molecule has 0 unspecified atom stereocenters. The minimum atomic E-state index is -0.312. The van der Waals surface area contributed by atoms with E-state index in [0.717, 1.165) is 6.42 Å². The summed E-state index contributed by atoms with van der Waals surface area (Å²) in [6.45, 7) is 2.48. The van der Waals surface area contributed by atoms with Crippen molar-refractivity contribution in [2.45, 2.75) is 26.2 Å². The molecule has 0 spiro atoms. The number of halogens is 1. The van der Waals surface area contributed by atoms with E-state index in [9.17, 15) is 14.4 Å². The van der Waals surface area contributed by atoms with Gasteiger partial charge in [-0.25, -0.2) is 0 Å². The van der Waals surface area contributed by atoms with E-state index in [0.29, 0.717) is 15.8 Å². The lowest BCUT2D eigenvalue weighted by atomic mass is 10.2. The number of carbonyl (C=O) groups excluding carboxylic acids is 3. The minimum Gasteiger partial charge on any atom is -0.355 e. The van der Waals surface area contributed by atoms with E-state index in [-0.39, 0.29) is 37.0 Å². The van der Waals surface area contributed by atoms with Crippen molar-refractivity contribution in [3.05, 3.63) is 21.3 Å². The Morgan fingerprint density at radius 3 is 2.50 bits per heavy atom. The minimum absolute atomic E-state index is 0.0577. The number of thiophene rings is 1. The van der Waals surface area contributed by atoms with E-state index < -0.39 is 0 Å². The first-order chi connectivity index (χ1) is 9.52. The first-order valence-corrected chi connectivity index (χ1v) is 7.54. The fourth-order valence-electron chi connectivity index (χ4n) is 1.41. The molecule has 110 valence electrons. The molecule has 0 saturated heterocycles. The van der Waals surface area contributed by atoms with Crippen molar-refractivity contribution < 1.29 is 14.4 Å². The quantitative estimate of drug-likeness (QED) is 0.720. The topological polar surface area (TPSA) is 75.3 Å². The van der Waals surface area contributed by atoms with Crippen LogP contribution < -0.4 is 10.6 Å². The maximum Gasteiger partial charge on any atom is 0.239 e. The monoisotopic (exact) mass is 316 g/mol. The molecule has 2 N–H and O–H groups in total. The third-order valence-corrected chi connectivity index (χ3v) is 3.72. The average molecular weight is 317 g/mol. The van der Waals surface area contributed by atoms with E-state index in [1.54, 1.807) is 12.1 Å². The zero-order chi connectivity index (χ0) is 15.0. The number of nitrogens with one attached hydrogen (secondary N) is 2. The van der Waals surface area contributed by atoms with Crippen molar-refractivity contribution in [3.8, 4) is 0 Å². The zero-order valence-electron chi connectivity index (χ0n) is 11.2. The predicted octanol–water partition coefficient (Wildman–Crippen LogP) is 2.01. The van der Waals surface area contributed by atoms with E-state index in [2.05, 4.69) is 10.6 Å². The molecule has 7 heteroatoms. The Morgan fingerprint density at radius 2 is 1.90 bits per heavy atom. The van der Waals surface area contributed by atoms with Gasteiger partial charge in [0.2, 0.25) is 11.8 Å². The van der Waals surface area contributed by atoms with E-state index in [4.69, 9.17) is 11.6 Å². The number of rotatable bonds is 8. The number of hydrogen-bond acceptors (Lipinski definition) is 4. The molecule has 0 fully saturated rings. The Balaban J connectivity index is 2.23. The lowest BCUT2D eigenvalue weighted by molar-refractivity contribution is -0.126. The molecule has 0 radical (unpaired) electrons. The van der Waals surface area contributed by atoms with Crippen molar-refractivity contribution in [1.82, 2.24) is 10.6 Å². The molecule has 2 amide bonds. The third-order valence-electron chi connectivity index (χ3n) is 2.45. The van der Waals surface area contributed by atoms with Gasteiger partial charge in [-0.05, 0) is 18.6 Å². The fraction of sp³-hybridized carbons (Fsp3) is 0.462. The second-order valence-electron chi connectivity index (χ2n) is 4.15. The summed E-state index contributed by atoms with van der Waals surface area (Å²) in [4.78, 5) is 35.0. The Morgan fingerprint density at radius 1 is 1.15 bits per heavy atom. The van der Waals surface area contributed by atoms with Gasteiger partial charge in [-0.1, -0.05) is 18.5 Å². The van der Waals surface area contributed by atoms with Crippen LogP contribution in [0.2, 0.25) is 4.34 Å². The highest BCUT2D eigenvalue weighted by molar-refractivity contribution is 7.18. The SMILES string of the molecule is CCCNC(=O)CNC(=O)CCC(=O)c1ccc(Cl)s1. The van der Waals surface area contributed by atoms with Gasteiger partial charge >= 0.3 is 0 Å². The van der Waals surface area contributed by atoms with E-state index in [1.165, 1.54) is 11.3 Å². The van der Waals surface area contributed by atoms with Gasteiger partial charge in [0.15, 0.2) is 5.78 Å². The first kappa shape index (κ1) is 16.7. The van der Waals surface area contributed by atoms with Crippen LogP contribution in [0.4, 0.5) is 0 Å². The normalized spacial score (nSPS) is 10.1. The molecule has 0 aromatic carbocycles. The lowest BCUT2D eigenvalue weighted by Gasteiger charge is -2.05. The van der Waals surface area contributed by atoms with Gasteiger partial charge in [0.1, 0.15) is 0 Å². The van der Waals surface area contributed by atoms with E-state index in [1.807, 2.05) is 6.92 Å². The molecule has 0 bridgehead atoms. The second-order valence-corrected chi connectivity index (χ2v) is 5.87. The number of ketones is 1. The van der Waals surface area contributed by atoms with Crippen molar-refractivity contribution in [2.24, 2.45) is 0 Å². The number of amides is 2. The molecule has 1 aromatic heterocycles. The standard InChI is InChI=1S/C13H17ClN2O3S/c1-2-7-15-13(19)8-16-12(18)6-3-9(17)10-4-5-11(14)20-10/h4-5H,2-3,6-8H2,1H3,(H,15,19)(H,16,18). The molecule has 1 aromatic rings. The summed E-state index contributed by atoms with van der Waals surface area (Å²) in [5.74, 6) is -0.656. The Bertz CT molecular complexity index is 488. The van der Waals surface area contributed by atoms with Crippen molar-refractivity contribution in [1.29, 1.82) is 0 Å². The summed E-state index contributed by atoms with van der Waals surface area (Å²) >= 11 is 6.93. The maximum atomic E-state index is 11.7. The molecule has 0 aliphatic carbocycles. The number of Topliss-reactive ketones (excluding diaryl/α,β-unsaturated/α-hetero) is 1. The molecular formula is C13H17ClN2O3S. The van der Waals surface area contributed by atoms with Crippen LogP contribution in [0.15, 0.2) is 12.1 Å². The molecule has 5 nitrogen and oxygen atoms in total. The molecule has 0 saturated carbocycles. The van der Waals surface area contributed by atoms with Gasteiger partial charge in [-0.15, -0.1) is 11.3 Å². The van der Waals surface area contributed by atoms with Crippen molar-refractivity contribution in [2.75, 3.05) is 13.1 Å². The highest BCUT2D eigenvalue weighted by atomic mass is 35.5. The molecule has 0 aliphatic rings. The average Bonchev–Trinajstić information content (AvgIpc) is 2.86. The Kier molecular flexibility index (Phi) is 7.25. The van der Waals surface area contributed by atoms with Crippen molar-refractivity contribution in [3.63, 3.8) is 0 Å². The van der Waals surface area contributed by atoms with Crippen LogP contribution in [0.5, 0.6) is 0 Å². The van der Waals surface area contributed by atoms with Gasteiger partial charge in [-0.2, -0.15) is 0 Å². The van der Waals surface area contributed by atoms with Gasteiger partial charge < -0.3 is 10.6 Å². The predicted molar refractivity (Wildman–Crippen MR) is 79.2 cm³/mol. The largest absolute Gasteiger partial charge is 0.355 e. The molecule has 1 rings (SSSR count). The molecule has 0 atom stereocenters. The second kappa shape index (κ2) is 8.71. The van der Waals surface area contributed by atoms with Crippen LogP contribution in [0.3, 0.4) is 0 Å². The number of hydrogen-bond donors (Lipinski definition) is 2. The van der Waals surface area contributed by atoms with Gasteiger partial charge in [0.25, 0.3) is 0 Å². The first-order valence-electron chi connectivity index (χ1n) is 6.35. The Hall–Kier alpha value is -1.40. The number of carbonyl (C=O) groups is 3.